The molecule has 3 atom stereocenters. The van der Waals surface area contributed by atoms with Gasteiger partial charge in [0.25, 0.3) is 11.8 Å². The number of carbonyl (C=O) groups is 3. The molecule has 11 heteroatoms. The highest BCUT2D eigenvalue weighted by atomic mass is 35.5. The molecule has 1 saturated heterocycles. The number of carbonyl (C=O) groups excluding carboxylic acids is 2. The zero-order valence-electron chi connectivity index (χ0n) is 13.7. The summed E-state index contributed by atoms with van der Waals surface area (Å²) in [7, 11) is 0. The lowest BCUT2D eigenvalue weighted by Gasteiger charge is -2.19. The number of rotatable bonds is 5. The maximum Gasteiger partial charge on any atom is 0.419 e. The molecule has 2 N–H and O–H groups in total. The second-order valence-corrected chi connectivity index (χ2v) is 6.40. The van der Waals surface area contributed by atoms with Gasteiger partial charge in [-0.3, -0.25) is 19.8 Å². The van der Waals surface area contributed by atoms with E-state index in [1.807, 2.05) is 0 Å². The van der Waals surface area contributed by atoms with Crippen LogP contribution in [0.4, 0.5) is 19.0 Å². The lowest BCUT2D eigenvalue weighted by Crippen LogP contribution is -2.37. The van der Waals surface area contributed by atoms with Crippen molar-refractivity contribution >= 4 is 35.2 Å². The maximum absolute atomic E-state index is 12.7. The molecular weight excluding hydrogens is 379 g/mol. The molecule has 1 aliphatic heterocycles. The third-order valence-corrected chi connectivity index (χ3v) is 4.43. The molecule has 2 heterocycles. The molecule has 0 aromatic carbocycles. The number of amides is 2. The van der Waals surface area contributed by atoms with Gasteiger partial charge < -0.3 is 5.11 Å². The number of hydrazine groups is 1. The number of alkyl halides is 3. The number of pyridine rings is 1. The van der Waals surface area contributed by atoms with Crippen molar-refractivity contribution in [1.82, 2.24) is 9.99 Å². The number of halogens is 4. The number of nitrogens with one attached hydrogen (secondary N) is 1. The van der Waals surface area contributed by atoms with E-state index in [1.165, 1.54) is 13.8 Å². The molecule has 1 aromatic rings. The van der Waals surface area contributed by atoms with E-state index in [9.17, 15) is 27.6 Å². The number of aromatic nitrogens is 1. The lowest BCUT2D eigenvalue weighted by atomic mass is 9.83. The van der Waals surface area contributed by atoms with E-state index in [0.29, 0.717) is 11.1 Å². The first-order valence-corrected chi connectivity index (χ1v) is 7.91. The average Bonchev–Trinajstić information content (AvgIpc) is 2.69. The van der Waals surface area contributed by atoms with Crippen molar-refractivity contribution in [3.63, 3.8) is 0 Å². The van der Waals surface area contributed by atoms with Gasteiger partial charge in [-0.15, -0.1) is 0 Å². The SMILES string of the molecule is CC(CC(=O)O)C1C(=O)N(Nc2ccc(C(F)(F)F)c(Cl)n2)C(=O)C1C. The van der Waals surface area contributed by atoms with Gasteiger partial charge in [0.2, 0.25) is 0 Å². The molecule has 1 fully saturated rings. The molecule has 3 unspecified atom stereocenters. The predicted octanol–water partition coefficient (Wildman–Crippen LogP) is 2.81. The van der Waals surface area contributed by atoms with Gasteiger partial charge in [-0.1, -0.05) is 25.4 Å². The first-order chi connectivity index (χ1) is 11.9. The van der Waals surface area contributed by atoms with Crippen LogP contribution in [-0.2, 0) is 20.6 Å². The summed E-state index contributed by atoms with van der Waals surface area (Å²) in [6, 6.07) is 1.62. The minimum Gasteiger partial charge on any atom is -0.481 e. The molecule has 0 bridgehead atoms. The molecular formula is C15H15ClF3N3O4. The van der Waals surface area contributed by atoms with Crippen molar-refractivity contribution < 1.29 is 32.7 Å². The standard InChI is InChI=1S/C15H15ClF3N3O4/c1-6(5-10(23)24)11-7(2)13(25)22(14(11)26)21-9-4-3-8(12(16)20-9)15(17,18)19/h3-4,6-7,11H,5H2,1-2H3,(H,20,21)(H,23,24). The fraction of sp³-hybridized carbons (Fsp3) is 0.467. The molecule has 0 radical (unpaired) electrons. The van der Waals surface area contributed by atoms with Crippen LogP contribution in [0.2, 0.25) is 5.15 Å². The highest BCUT2D eigenvalue weighted by Gasteiger charge is 2.48. The molecule has 2 rings (SSSR count). The number of carboxylic acid groups (broad SMARTS) is 1. The Bertz CT molecular complexity index is 756. The quantitative estimate of drug-likeness (QED) is 0.589. The Morgan fingerprint density at radius 1 is 1.38 bits per heavy atom. The summed E-state index contributed by atoms with van der Waals surface area (Å²) in [5.41, 5.74) is 1.20. The largest absolute Gasteiger partial charge is 0.481 e. The minimum absolute atomic E-state index is 0.219. The maximum atomic E-state index is 12.7. The molecule has 142 valence electrons. The highest BCUT2D eigenvalue weighted by molar-refractivity contribution is 6.30. The highest BCUT2D eigenvalue weighted by Crippen LogP contribution is 2.36. The van der Waals surface area contributed by atoms with Crippen LogP contribution < -0.4 is 5.43 Å². The van der Waals surface area contributed by atoms with Crippen LogP contribution in [0.5, 0.6) is 0 Å². The number of carboxylic acids is 1. The predicted molar refractivity (Wildman–Crippen MR) is 83.8 cm³/mol. The van der Waals surface area contributed by atoms with Gasteiger partial charge in [-0.05, 0) is 18.1 Å². The van der Waals surface area contributed by atoms with Crippen molar-refractivity contribution in [3.05, 3.63) is 22.8 Å². The fourth-order valence-corrected chi connectivity index (χ4v) is 3.16. The Hall–Kier alpha value is -2.36. The third-order valence-electron chi connectivity index (χ3n) is 4.14. The van der Waals surface area contributed by atoms with Crippen LogP contribution in [0.15, 0.2) is 12.1 Å². The Morgan fingerprint density at radius 2 is 2.00 bits per heavy atom. The lowest BCUT2D eigenvalue weighted by molar-refractivity contribution is -0.140. The molecule has 26 heavy (non-hydrogen) atoms. The van der Waals surface area contributed by atoms with Gasteiger partial charge in [-0.25, -0.2) is 4.98 Å². The number of imide groups is 1. The summed E-state index contributed by atoms with van der Waals surface area (Å²) < 4.78 is 38.1. The van der Waals surface area contributed by atoms with E-state index in [4.69, 9.17) is 16.7 Å². The molecule has 0 saturated carbocycles. The van der Waals surface area contributed by atoms with Gasteiger partial charge in [0.15, 0.2) is 0 Å². The van der Waals surface area contributed by atoms with Crippen molar-refractivity contribution in [3.8, 4) is 0 Å². The molecule has 0 aliphatic carbocycles. The van der Waals surface area contributed by atoms with Crippen molar-refractivity contribution in [1.29, 1.82) is 0 Å². The van der Waals surface area contributed by atoms with Crippen LogP contribution in [0.3, 0.4) is 0 Å². The number of hydrogen-bond donors (Lipinski definition) is 2. The first kappa shape index (κ1) is 20.0. The monoisotopic (exact) mass is 393 g/mol. The summed E-state index contributed by atoms with van der Waals surface area (Å²) >= 11 is 5.51. The number of anilines is 1. The summed E-state index contributed by atoms with van der Waals surface area (Å²) in [6.45, 7) is 3.02. The van der Waals surface area contributed by atoms with Crippen LogP contribution in [-0.4, -0.2) is 32.9 Å². The zero-order chi connectivity index (χ0) is 19.8. The number of hydrogen-bond acceptors (Lipinski definition) is 5. The van der Waals surface area contributed by atoms with E-state index in [-0.39, 0.29) is 12.2 Å². The molecule has 1 aromatic heterocycles. The second kappa shape index (κ2) is 7.10. The average molecular weight is 394 g/mol. The normalized spacial score (nSPS) is 21.8. The van der Waals surface area contributed by atoms with E-state index >= 15 is 0 Å². The second-order valence-electron chi connectivity index (χ2n) is 6.05. The van der Waals surface area contributed by atoms with Gasteiger partial charge in [-0.2, -0.15) is 18.2 Å². The van der Waals surface area contributed by atoms with Gasteiger partial charge in [0.05, 0.1) is 11.5 Å². The zero-order valence-corrected chi connectivity index (χ0v) is 14.4. The molecule has 7 nitrogen and oxygen atoms in total. The Balaban J connectivity index is 2.22. The first-order valence-electron chi connectivity index (χ1n) is 7.53. The molecule has 2 amide bonds. The van der Waals surface area contributed by atoms with Crippen LogP contribution in [0.25, 0.3) is 0 Å². The topological polar surface area (TPSA) is 99.6 Å². The smallest absolute Gasteiger partial charge is 0.419 e. The molecule has 1 aliphatic rings. The summed E-state index contributed by atoms with van der Waals surface area (Å²) in [5, 5.41) is 8.67. The van der Waals surface area contributed by atoms with E-state index in [1.54, 1.807) is 0 Å². The Kier molecular flexibility index (Phi) is 5.45. The van der Waals surface area contributed by atoms with Gasteiger partial charge >= 0.3 is 12.1 Å². The molecule has 0 spiro atoms. The van der Waals surface area contributed by atoms with Crippen molar-refractivity contribution in [2.75, 3.05) is 5.43 Å². The van der Waals surface area contributed by atoms with Crippen molar-refractivity contribution in [2.24, 2.45) is 17.8 Å². The van der Waals surface area contributed by atoms with Crippen LogP contribution in [0, 0.1) is 17.8 Å². The van der Waals surface area contributed by atoms with E-state index in [2.05, 4.69) is 10.4 Å². The number of nitrogens with zero attached hydrogens (tertiary/aromatic N) is 2. The summed E-state index contributed by atoms with van der Waals surface area (Å²) in [5.74, 6) is -4.87. The summed E-state index contributed by atoms with van der Waals surface area (Å²) in [6.07, 6.45) is -4.99. The van der Waals surface area contributed by atoms with E-state index in [0.717, 1.165) is 6.07 Å². The Morgan fingerprint density at radius 3 is 2.50 bits per heavy atom. The minimum atomic E-state index is -4.69. The van der Waals surface area contributed by atoms with E-state index < -0.39 is 52.4 Å². The van der Waals surface area contributed by atoms with Crippen molar-refractivity contribution in [2.45, 2.75) is 26.4 Å². The fourth-order valence-electron chi connectivity index (χ4n) is 2.90. The van der Waals surface area contributed by atoms with Gasteiger partial charge in [0.1, 0.15) is 11.0 Å². The third kappa shape index (κ3) is 3.90. The van der Waals surface area contributed by atoms with Gasteiger partial charge in [0, 0.05) is 12.3 Å². The summed E-state index contributed by atoms with van der Waals surface area (Å²) in [4.78, 5) is 39.1. The number of aliphatic carboxylic acids is 1. The van der Waals surface area contributed by atoms with Crippen LogP contribution >= 0.6 is 11.6 Å². The Labute approximate surface area is 151 Å². The van der Waals surface area contributed by atoms with Crippen LogP contribution in [0.1, 0.15) is 25.8 Å².